The molecule has 0 bridgehead atoms. The van der Waals surface area contributed by atoms with Crippen LogP contribution in [0.25, 0.3) is 11.3 Å². The van der Waals surface area contributed by atoms with E-state index in [4.69, 9.17) is 9.47 Å². The number of esters is 1. The second kappa shape index (κ2) is 19.8. The smallest absolute Gasteiger partial charge is 0.409 e. The van der Waals surface area contributed by atoms with E-state index >= 15 is 0 Å². The van der Waals surface area contributed by atoms with E-state index in [2.05, 4.69) is 33.2 Å². The first kappa shape index (κ1) is 40.1. The minimum Gasteiger partial charge on any atom is -0.460 e. The van der Waals surface area contributed by atoms with E-state index in [1.807, 2.05) is 30.3 Å². The maximum absolute atomic E-state index is 13.9. The Labute approximate surface area is 306 Å². The van der Waals surface area contributed by atoms with E-state index in [1.54, 1.807) is 36.6 Å². The van der Waals surface area contributed by atoms with Crippen molar-refractivity contribution < 1.29 is 33.4 Å². The van der Waals surface area contributed by atoms with Crippen LogP contribution in [0.5, 0.6) is 0 Å². The van der Waals surface area contributed by atoms with Crippen molar-refractivity contribution in [3.05, 3.63) is 48.2 Å². The first-order valence-corrected chi connectivity index (χ1v) is 18.5. The molecule has 2 saturated heterocycles. The average molecular weight is 722 g/mol. The van der Waals surface area contributed by atoms with E-state index in [0.29, 0.717) is 30.5 Å². The number of piperazine rings is 1. The molecular weight excluding hydrogens is 666 g/mol. The molecule has 52 heavy (non-hydrogen) atoms. The zero-order chi connectivity index (χ0) is 37.5. The molecule has 14 heteroatoms. The van der Waals surface area contributed by atoms with Crippen LogP contribution in [0.3, 0.4) is 0 Å². The highest BCUT2D eigenvalue weighted by molar-refractivity contribution is 5.99. The number of hydrogen-bond donors (Lipinski definition) is 4. The number of urea groups is 1. The van der Waals surface area contributed by atoms with Gasteiger partial charge in [-0.05, 0) is 77.6 Å². The van der Waals surface area contributed by atoms with Crippen molar-refractivity contribution in [3.63, 3.8) is 0 Å². The Morgan fingerprint density at radius 3 is 2.33 bits per heavy atom. The molecule has 284 valence electrons. The lowest BCUT2D eigenvalue weighted by atomic mass is 9.98. The molecule has 4 rings (SSSR count). The summed E-state index contributed by atoms with van der Waals surface area (Å²) in [4.78, 5) is 73.7. The fourth-order valence-corrected chi connectivity index (χ4v) is 6.05. The lowest BCUT2D eigenvalue weighted by Crippen LogP contribution is -2.56. The number of carbonyl (C=O) groups excluding carboxylic acids is 5. The van der Waals surface area contributed by atoms with Crippen LogP contribution in [0.15, 0.2) is 42.5 Å². The molecule has 14 nitrogen and oxygen atoms in total. The van der Waals surface area contributed by atoms with Gasteiger partial charge in [0, 0.05) is 50.4 Å². The molecule has 0 aliphatic carbocycles. The van der Waals surface area contributed by atoms with Crippen LogP contribution in [0.2, 0.25) is 0 Å². The van der Waals surface area contributed by atoms with Gasteiger partial charge >= 0.3 is 18.1 Å². The highest BCUT2D eigenvalue weighted by Crippen LogP contribution is 2.23. The lowest BCUT2D eigenvalue weighted by molar-refractivity contribution is -0.155. The third-order valence-electron chi connectivity index (χ3n) is 8.88. The van der Waals surface area contributed by atoms with Gasteiger partial charge in [0.05, 0.1) is 12.3 Å². The number of ether oxygens (including phenoxy) is 2. The van der Waals surface area contributed by atoms with E-state index in [9.17, 15) is 24.0 Å². The molecule has 0 unspecified atom stereocenters. The van der Waals surface area contributed by atoms with Crippen LogP contribution in [-0.2, 0) is 19.1 Å². The van der Waals surface area contributed by atoms with E-state index in [1.165, 1.54) is 6.07 Å². The molecule has 0 spiro atoms. The number of anilines is 1. The van der Waals surface area contributed by atoms with E-state index in [0.717, 1.165) is 50.8 Å². The molecular formula is C38H55N7O7. The van der Waals surface area contributed by atoms with Gasteiger partial charge in [-0.25, -0.2) is 14.6 Å². The molecule has 2 aliphatic rings. The average Bonchev–Trinajstić information content (AvgIpc) is 3.13. The van der Waals surface area contributed by atoms with Gasteiger partial charge in [0.15, 0.2) is 0 Å². The zero-order valence-corrected chi connectivity index (χ0v) is 31.0. The molecule has 2 fully saturated rings. The monoisotopic (exact) mass is 721 g/mol. The van der Waals surface area contributed by atoms with Crippen molar-refractivity contribution in [3.8, 4) is 11.3 Å². The number of benzene rings is 1. The number of carbonyl (C=O) groups is 5. The number of piperidine rings is 1. The number of unbranched alkanes of at least 4 members (excludes halogenated alkanes) is 2. The molecule has 2 aliphatic heterocycles. The number of pyridine rings is 1. The van der Waals surface area contributed by atoms with Gasteiger partial charge in [0.25, 0.3) is 5.91 Å². The highest BCUT2D eigenvalue weighted by atomic mass is 16.6. The van der Waals surface area contributed by atoms with Gasteiger partial charge in [-0.3, -0.25) is 14.4 Å². The summed E-state index contributed by atoms with van der Waals surface area (Å²) in [5.74, 6) is -1.15. The number of amides is 5. The number of nitrogens with one attached hydrogen (secondary N) is 4. The Balaban J connectivity index is 1.49. The molecule has 4 N–H and O–H groups in total. The minimum atomic E-state index is -1.08. The number of nitrogens with zero attached hydrogens (tertiary/aromatic N) is 3. The summed E-state index contributed by atoms with van der Waals surface area (Å²) in [7, 11) is 0. The topological polar surface area (TPSA) is 171 Å². The Bertz CT molecular complexity index is 1500. The summed E-state index contributed by atoms with van der Waals surface area (Å²) >= 11 is 0. The predicted molar refractivity (Wildman–Crippen MR) is 198 cm³/mol. The summed E-state index contributed by atoms with van der Waals surface area (Å²) in [5, 5.41) is 11.9. The number of hydrogen-bond acceptors (Lipinski definition) is 9. The SMILES string of the molecule is CCCCCOC(=O)N1CCN(C(=O)[C@H](CCC(=O)OC(C)(C)C)NC(=O)c2cc(NC(=O)NCC3CCNCC3)cc(-c3ccccc3)n2)CC1. The van der Waals surface area contributed by atoms with Crippen LogP contribution < -0.4 is 21.3 Å². The summed E-state index contributed by atoms with van der Waals surface area (Å²) in [6.07, 6.45) is 4.22. The molecule has 2 aromatic rings. The van der Waals surface area contributed by atoms with Crippen molar-refractivity contribution in [1.29, 1.82) is 0 Å². The standard InChI is InChI=1S/C38H55N7O7/c1-5-6-10-23-51-37(50)45-21-19-44(20-22-45)35(48)30(13-14-33(46)52-38(2,3)4)43-34(47)32-25-29(24-31(42-32)28-11-8-7-9-12-28)41-36(49)40-26-27-15-17-39-18-16-27/h7-9,11-12,24-25,27,30,39H,5-6,10,13-23,26H2,1-4H3,(H,43,47)(H2,40,41,42,49)/t30-/m0/s1. The highest BCUT2D eigenvalue weighted by Gasteiger charge is 2.32. The first-order chi connectivity index (χ1) is 24.9. The molecule has 0 radical (unpaired) electrons. The van der Waals surface area contributed by atoms with Gasteiger partial charge in [0.1, 0.15) is 17.3 Å². The molecule has 3 heterocycles. The maximum atomic E-state index is 13.9. The van der Waals surface area contributed by atoms with Crippen LogP contribution in [-0.4, -0.2) is 109 Å². The van der Waals surface area contributed by atoms with Crippen molar-refractivity contribution >= 4 is 35.6 Å². The Morgan fingerprint density at radius 1 is 0.962 bits per heavy atom. The molecule has 1 aromatic carbocycles. The molecule has 5 amide bonds. The van der Waals surface area contributed by atoms with Crippen molar-refractivity contribution in [1.82, 2.24) is 30.7 Å². The maximum Gasteiger partial charge on any atom is 0.409 e. The van der Waals surface area contributed by atoms with Gasteiger partial charge < -0.3 is 40.5 Å². The van der Waals surface area contributed by atoms with E-state index in [-0.39, 0.29) is 50.6 Å². The third-order valence-corrected chi connectivity index (χ3v) is 8.88. The van der Waals surface area contributed by atoms with E-state index < -0.39 is 35.6 Å². The Morgan fingerprint density at radius 2 is 1.65 bits per heavy atom. The molecule has 1 atom stereocenters. The molecule has 0 saturated carbocycles. The third kappa shape index (κ3) is 13.1. The van der Waals surface area contributed by atoms with Crippen molar-refractivity contribution in [2.24, 2.45) is 5.92 Å². The number of rotatable bonds is 14. The van der Waals surface area contributed by atoms with Gasteiger partial charge in [-0.1, -0.05) is 50.1 Å². The largest absolute Gasteiger partial charge is 0.460 e. The Hall–Kier alpha value is -4.72. The predicted octanol–water partition coefficient (Wildman–Crippen LogP) is 4.56. The fraction of sp³-hybridized carbons (Fsp3) is 0.579. The van der Waals surface area contributed by atoms with Crippen molar-refractivity contribution in [2.45, 2.75) is 84.3 Å². The van der Waals surface area contributed by atoms with Crippen LogP contribution >= 0.6 is 0 Å². The van der Waals surface area contributed by atoms with Gasteiger partial charge in [0.2, 0.25) is 5.91 Å². The summed E-state index contributed by atoms with van der Waals surface area (Å²) in [6.45, 7) is 11.1. The lowest BCUT2D eigenvalue weighted by Gasteiger charge is -2.36. The second-order valence-corrected chi connectivity index (χ2v) is 14.3. The summed E-state index contributed by atoms with van der Waals surface area (Å²) < 4.78 is 10.9. The minimum absolute atomic E-state index is 0.0122. The fourth-order valence-electron chi connectivity index (χ4n) is 6.05. The van der Waals surface area contributed by atoms with Crippen molar-refractivity contribution in [2.75, 3.05) is 57.7 Å². The Kier molecular flexibility index (Phi) is 15.2. The normalized spacial score (nSPS) is 15.7. The summed E-state index contributed by atoms with van der Waals surface area (Å²) in [5.41, 5.74) is 0.814. The summed E-state index contributed by atoms with van der Waals surface area (Å²) in [6, 6.07) is 10.9. The second-order valence-electron chi connectivity index (χ2n) is 14.3. The van der Waals surface area contributed by atoms with Crippen LogP contribution in [0.4, 0.5) is 15.3 Å². The quantitative estimate of drug-likeness (QED) is 0.161. The van der Waals surface area contributed by atoms with Crippen LogP contribution in [0.1, 0.15) is 83.1 Å². The van der Waals surface area contributed by atoms with Crippen LogP contribution in [0, 0.1) is 5.92 Å². The van der Waals surface area contributed by atoms with Gasteiger partial charge in [-0.15, -0.1) is 0 Å². The molecule has 1 aromatic heterocycles. The first-order valence-electron chi connectivity index (χ1n) is 18.5. The number of aromatic nitrogens is 1. The zero-order valence-electron chi connectivity index (χ0n) is 31.0. The van der Waals surface area contributed by atoms with Gasteiger partial charge in [-0.2, -0.15) is 0 Å².